The number of rotatable bonds is 2. The molecule has 0 saturated carbocycles. The summed E-state index contributed by atoms with van der Waals surface area (Å²) in [5.74, 6) is 1.10. The summed E-state index contributed by atoms with van der Waals surface area (Å²) in [6.45, 7) is 14.9. The number of hydrogen-bond donors (Lipinski definition) is 0. The summed E-state index contributed by atoms with van der Waals surface area (Å²) >= 11 is 0. The van der Waals surface area contributed by atoms with Gasteiger partial charge in [-0.05, 0) is 48.1 Å². The molecule has 152 valence electrons. The molecule has 0 aliphatic heterocycles. The van der Waals surface area contributed by atoms with Crippen LogP contribution in [0.1, 0.15) is 70.2 Å². The molecule has 0 amide bonds. The minimum atomic E-state index is 0.540. The second kappa shape index (κ2) is 10.7. The van der Waals surface area contributed by atoms with Gasteiger partial charge in [-0.15, -0.1) is 0 Å². The number of benzene rings is 2. The molecule has 2 nitrogen and oxygen atoms in total. The Kier molecular flexibility index (Phi) is 8.33. The second-order valence-corrected chi connectivity index (χ2v) is 7.60. The van der Waals surface area contributed by atoms with Gasteiger partial charge in [-0.3, -0.25) is 9.97 Å². The van der Waals surface area contributed by atoms with Crippen LogP contribution in [0.2, 0.25) is 0 Å². The Morgan fingerprint density at radius 1 is 0.690 bits per heavy atom. The molecule has 4 rings (SSSR count). The molecule has 0 radical (unpaired) electrons. The van der Waals surface area contributed by atoms with Crippen LogP contribution in [-0.2, 0) is 0 Å². The van der Waals surface area contributed by atoms with Crippen molar-refractivity contribution < 1.29 is 0 Å². The van der Waals surface area contributed by atoms with Gasteiger partial charge in [-0.25, -0.2) is 0 Å². The van der Waals surface area contributed by atoms with E-state index in [-0.39, 0.29) is 0 Å². The van der Waals surface area contributed by atoms with E-state index in [0.29, 0.717) is 11.8 Å². The van der Waals surface area contributed by atoms with Crippen molar-refractivity contribution in [2.24, 2.45) is 0 Å². The average molecular weight is 387 g/mol. The first-order valence-corrected chi connectivity index (χ1v) is 10.7. The predicted molar refractivity (Wildman–Crippen MR) is 128 cm³/mol. The average Bonchev–Trinajstić information content (AvgIpc) is 2.74. The van der Waals surface area contributed by atoms with Gasteiger partial charge >= 0.3 is 0 Å². The molecule has 0 atom stereocenters. The molecule has 2 heteroatoms. The Morgan fingerprint density at radius 2 is 1.31 bits per heavy atom. The van der Waals surface area contributed by atoms with Crippen molar-refractivity contribution in [1.29, 1.82) is 0 Å². The van der Waals surface area contributed by atoms with Crippen molar-refractivity contribution in [2.45, 2.75) is 60.3 Å². The highest BCUT2D eigenvalue weighted by Gasteiger charge is 2.05. The Labute approximate surface area is 176 Å². The van der Waals surface area contributed by atoms with Crippen molar-refractivity contribution in [3.05, 3.63) is 83.7 Å². The number of fused-ring (bicyclic) bond motifs is 2. The first-order chi connectivity index (χ1) is 14.0. The maximum atomic E-state index is 4.52. The third-order valence-electron chi connectivity index (χ3n) is 4.81. The number of aryl methyl sites for hydroxylation is 1. The molecule has 0 aliphatic rings. The lowest BCUT2D eigenvalue weighted by Crippen LogP contribution is -1.91. The number of nitrogens with zero attached hydrogens (tertiary/aromatic N) is 2. The molecule has 2 heterocycles. The van der Waals surface area contributed by atoms with Gasteiger partial charge in [0.05, 0.1) is 11.0 Å². The van der Waals surface area contributed by atoms with Crippen molar-refractivity contribution >= 4 is 21.8 Å². The summed E-state index contributed by atoms with van der Waals surface area (Å²) in [6.07, 6.45) is 1.86. The molecule has 0 unspecified atom stereocenters. The van der Waals surface area contributed by atoms with Crippen LogP contribution in [0.4, 0.5) is 0 Å². The molecule has 0 saturated heterocycles. The van der Waals surface area contributed by atoms with E-state index in [2.05, 4.69) is 92.3 Å². The monoisotopic (exact) mass is 386 g/mol. The lowest BCUT2D eigenvalue weighted by Gasteiger charge is -2.09. The fraction of sp³-hybridized carbons (Fsp3) is 0.333. The van der Waals surface area contributed by atoms with E-state index in [4.69, 9.17) is 0 Å². The van der Waals surface area contributed by atoms with Crippen LogP contribution in [-0.4, -0.2) is 9.97 Å². The molecule has 0 spiro atoms. The SMILES string of the molecule is CC.CC(C)c1cccc2cccnc12.Cc1ccc2c(C(C)C)cccc2n1. The Hall–Kier alpha value is -2.74. The highest BCUT2D eigenvalue weighted by atomic mass is 14.7. The molecular weight excluding hydrogens is 352 g/mol. The largest absolute Gasteiger partial charge is 0.256 e. The van der Waals surface area contributed by atoms with Gasteiger partial charge in [0.2, 0.25) is 0 Å². The molecule has 0 N–H and O–H groups in total. The number of hydrogen-bond acceptors (Lipinski definition) is 2. The smallest absolute Gasteiger partial charge is 0.0736 e. The molecular formula is C27H34N2. The van der Waals surface area contributed by atoms with Crippen LogP contribution in [0.15, 0.2) is 66.9 Å². The third kappa shape index (κ3) is 5.63. The van der Waals surface area contributed by atoms with E-state index in [1.165, 1.54) is 21.9 Å². The fourth-order valence-electron chi connectivity index (χ4n) is 3.38. The molecule has 29 heavy (non-hydrogen) atoms. The topological polar surface area (TPSA) is 25.8 Å². The first-order valence-electron chi connectivity index (χ1n) is 10.7. The van der Waals surface area contributed by atoms with Gasteiger partial charge in [0, 0.05) is 22.7 Å². The molecule has 4 aromatic rings. The third-order valence-corrected chi connectivity index (χ3v) is 4.81. The number of para-hydroxylation sites is 1. The quantitative estimate of drug-likeness (QED) is 0.348. The summed E-state index contributed by atoms with van der Waals surface area (Å²) in [7, 11) is 0. The number of pyridine rings is 2. The standard InChI is InChI=1S/C13H15N.C12H13N.C2H6/c1-9(2)11-5-4-6-13-12(11)8-7-10(3)14-13;1-9(2)11-7-3-5-10-6-4-8-13-12(10)11;1-2/h4-9H,1-3H3;3-9H,1-2H3;1-2H3. The summed E-state index contributed by atoms with van der Waals surface area (Å²) in [6, 6.07) is 21.0. The highest BCUT2D eigenvalue weighted by molar-refractivity contribution is 5.83. The fourth-order valence-corrected chi connectivity index (χ4v) is 3.38. The van der Waals surface area contributed by atoms with Gasteiger partial charge in [0.1, 0.15) is 0 Å². The van der Waals surface area contributed by atoms with Crippen molar-refractivity contribution in [3.63, 3.8) is 0 Å². The molecule has 0 fully saturated rings. The Balaban J connectivity index is 0.000000191. The minimum Gasteiger partial charge on any atom is -0.256 e. The lowest BCUT2D eigenvalue weighted by atomic mass is 9.98. The van der Waals surface area contributed by atoms with Gasteiger partial charge in [-0.2, -0.15) is 0 Å². The van der Waals surface area contributed by atoms with Gasteiger partial charge in [-0.1, -0.05) is 84.0 Å². The maximum absolute atomic E-state index is 4.52. The lowest BCUT2D eigenvalue weighted by molar-refractivity contribution is 0.873. The summed E-state index contributed by atoms with van der Waals surface area (Å²) in [5, 5.41) is 2.52. The molecule has 0 aliphatic carbocycles. The summed E-state index contributed by atoms with van der Waals surface area (Å²) in [5.41, 5.74) is 6.04. The van der Waals surface area contributed by atoms with Crippen molar-refractivity contribution in [3.8, 4) is 0 Å². The Morgan fingerprint density at radius 3 is 2.00 bits per heavy atom. The van der Waals surface area contributed by atoms with Crippen molar-refractivity contribution in [2.75, 3.05) is 0 Å². The zero-order valence-corrected chi connectivity index (χ0v) is 18.9. The summed E-state index contributed by atoms with van der Waals surface area (Å²) < 4.78 is 0. The van der Waals surface area contributed by atoms with Crippen LogP contribution in [0.3, 0.4) is 0 Å². The van der Waals surface area contributed by atoms with E-state index in [0.717, 1.165) is 16.7 Å². The maximum Gasteiger partial charge on any atom is 0.0736 e. The van der Waals surface area contributed by atoms with E-state index in [1.807, 2.05) is 33.0 Å². The van der Waals surface area contributed by atoms with Gasteiger partial charge in [0.25, 0.3) is 0 Å². The zero-order valence-electron chi connectivity index (χ0n) is 18.9. The van der Waals surface area contributed by atoms with Crippen LogP contribution >= 0.6 is 0 Å². The first kappa shape index (κ1) is 22.5. The normalized spacial score (nSPS) is 10.5. The zero-order chi connectivity index (χ0) is 21.4. The molecule has 2 aromatic carbocycles. The predicted octanol–water partition coefficient (Wildman–Crippen LogP) is 8.05. The van der Waals surface area contributed by atoms with Crippen LogP contribution in [0.25, 0.3) is 21.8 Å². The van der Waals surface area contributed by atoms with Crippen LogP contribution < -0.4 is 0 Å². The van der Waals surface area contributed by atoms with E-state index < -0.39 is 0 Å². The van der Waals surface area contributed by atoms with E-state index >= 15 is 0 Å². The van der Waals surface area contributed by atoms with Crippen LogP contribution in [0, 0.1) is 6.92 Å². The van der Waals surface area contributed by atoms with Crippen molar-refractivity contribution in [1.82, 2.24) is 9.97 Å². The number of aromatic nitrogens is 2. The van der Waals surface area contributed by atoms with Gasteiger partial charge in [0.15, 0.2) is 0 Å². The minimum absolute atomic E-state index is 0.540. The summed E-state index contributed by atoms with van der Waals surface area (Å²) in [4.78, 5) is 8.92. The van der Waals surface area contributed by atoms with E-state index in [9.17, 15) is 0 Å². The van der Waals surface area contributed by atoms with Crippen LogP contribution in [0.5, 0.6) is 0 Å². The van der Waals surface area contributed by atoms with Gasteiger partial charge < -0.3 is 0 Å². The second-order valence-electron chi connectivity index (χ2n) is 7.60. The van der Waals surface area contributed by atoms with E-state index in [1.54, 1.807) is 0 Å². The molecule has 2 aromatic heterocycles. The highest BCUT2D eigenvalue weighted by Crippen LogP contribution is 2.24. The Bertz CT molecular complexity index is 1040. The molecule has 0 bridgehead atoms.